The summed E-state index contributed by atoms with van der Waals surface area (Å²) in [5.41, 5.74) is 0. The van der Waals surface area contributed by atoms with Crippen LogP contribution in [0.5, 0.6) is 0 Å². The Morgan fingerprint density at radius 2 is 0.769 bits per heavy atom. The van der Waals surface area contributed by atoms with E-state index in [0.717, 1.165) is 25.7 Å². The maximum atomic E-state index is 13.1. The lowest BCUT2D eigenvalue weighted by atomic mass is 10.3. The minimum Gasteiger partial charge on any atom is -0.300 e. The summed E-state index contributed by atoms with van der Waals surface area (Å²) >= 11 is 17.2. The molecule has 0 unspecified atom stereocenters. The third-order valence-electron chi connectivity index (χ3n) is 4.76. The van der Waals surface area contributed by atoms with Gasteiger partial charge in [-0.25, -0.2) is 9.59 Å². The second kappa shape index (κ2) is 11.1. The van der Waals surface area contributed by atoms with Gasteiger partial charge in [-0.1, -0.05) is 0 Å². The first-order valence-electron chi connectivity index (χ1n) is 9.20. The lowest BCUT2D eigenvalue weighted by Crippen LogP contribution is -2.47. The minimum atomic E-state index is -0.227. The second-order valence-electron chi connectivity index (χ2n) is 6.47. The highest BCUT2D eigenvalue weighted by molar-refractivity contribution is 7.80. The van der Waals surface area contributed by atoms with Crippen molar-refractivity contribution in [3.05, 3.63) is 0 Å². The predicted molar refractivity (Wildman–Crippen MR) is 119 cm³/mol. The van der Waals surface area contributed by atoms with Crippen LogP contribution in [0.25, 0.3) is 0 Å². The number of amides is 4. The highest BCUT2D eigenvalue weighted by atomic mass is 32.1. The van der Waals surface area contributed by atoms with E-state index in [1.54, 1.807) is 0 Å². The molecule has 0 saturated carbocycles. The number of carbonyl (C=O) groups excluding carboxylic acids is 2. The van der Waals surface area contributed by atoms with Gasteiger partial charge in [-0.3, -0.25) is 19.6 Å². The van der Waals surface area contributed by atoms with Gasteiger partial charge in [0.2, 0.25) is 0 Å². The lowest BCUT2D eigenvalue weighted by molar-refractivity contribution is 0.125. The Bertz CT molecular complexity index is 407. The molecular formula is C16H30N4O2S4. The number of hydrogen-bond donors (Lipinski definition) is 4. The van der Waals surface area contributed by atoms with E-state index in [9.17, 15) is 9.59 Å². The highest BCUT2D eigenvalue weighted by Gasteiger charge is 2.58. The molecule has 2 aliphatic heterocycles. The summed E-state index contributed by atoms with van der Waals surface area (Å²) in [7, 11) is 0. The van der Waals surface area contributed by atoms with Crippen LogP contribution in [0.1, 0.15) is 25.7 Å². The summed E-state index contributed by atoms with van der Waals surface area (Å²) in [5, 5.41) is 0. The van der Waals surface area contributed by atoms with E-state index in [0.29, 0.717) is 49.2 Å². The van der Waals surface area contributed by atoms with Crippen LogP contribution >= 0.6 is 50.5 Å². The first-order valence-corrected chi connectivity index (χ1v) is 11.7. The number of rotatable bonds is 12. The molecule has 2 fully saturated rings. The molecule has 0 aromatic rings. The van der Waals surface area contributed by atoms with Gasteiger partial charge >= 0.3 is 12.1 Å². The molecule has 10 heteroatoms. The van der Waals surface area contributed by atoms with E-state index in [4.69, 9.17) is 0 Å². The molecule has 0 spiro atoms. The maximum absolute atomic E-state index is 13.1. The van der Waals surface area contributed by atoms with Crippen LogP contribution in [-0.4, -0.2) is 93.2 Å². The smallest absolute Gasteiger partial charge is 0.300 e. The van der Waals surface area contributed by atoms with Crippen molar-refractivity contribution < 1.29 is 9.59 Å². The van der Waals surface area contributed by atoms with Crippen molar-refractivity contribution in [3.8, 4) is 0 Å². The first-order chi connectivity index (χ1) is 12.6. The van der Waals surface area contributed by atoms with Gasteiger partial charge in [-0.15, -0.1) is 0 Å². The molecule has 150 valence electrons. The summed E-state index contributed by atoms with van der Waals surface area (Å²) in [6.45, 7) is 2.47. The molecule has 0 bridgehead atoms. The Labute approximate surface area is 178 Å². The first kappa shape index (κ1) is 22.2. The SMILES string of the molecule is O=C1N(CCCS)C2C(N1CCCS)N(CCCS)C(=O)N2CCCS. The molecule has 0 N–H and O–H groups in total. The zero-order chi connectivity index (χ0) is 19.1. The second-order valence-corrected chi connectivity index (χ2v) is 8.26. The van der Waals surface area contributed by atoms with Crippen molar-refractivity contribution in [3.63, 3.8) is 0 Å². The average Bonchev–Trinajstić information content (AvgIpc) is 3.05. The summed E-state index contributed by atoms with van der Waals surface area (Å²) in [5.74, 6) is 2.86. The Kier molecular flexibility index (Phi) is 9.46. The summed E-state index contributed by atoms with van der Waals surface area (Å²) in [4.78, 5) is 33.6. The molecule has 2 aliphatic rings. The Morgan fingerprint density at radius 3 is 0.962 bits per heavy atom. The fraction of sp³-hybridized carbons (Fsp3) is 0.875. The summed E-state index contributed by atoms with van der Waals surface area (Å²) < 4.78 is 0. The van der Waals surface area contributed by atoms with Crippen LogP contribution in [0.4, 0.5) is 9.59 Å². The van der Waals surface area contributed by atoms with Crippen molar-refractivity contribution in [1.82, 2.24) is 19.6 Å². The third kappa shape index (κ3) is 4.67. The van der Waals surface area contributed by atoms with Gasteiger partial charge in [0.05, 0.1) is 0 Å². The van der Waals surface area contributed by atoms with Gasteiger partial charge < -0.3 is 0 Å². The highest BCUT2D eigenvalue weighted by Crippen LogP contribution is 2.35. The molecule has 0 radical (unpaired) electrons. The summed E-state index contributed by atoms with van der Waals surface area (Å²) in [6.07, 6.45) is 2.78. The van der Waals surface area contributed by atoms with Gasteiger partial charge in [-0.05, 0) is 48.7 Å². The van der Waals surface area contributed by atoms with E-state index in [2.05, 4.69) is 50.5 Å². The van der Waals surface area contributed by atoms with Crippen molar-refractivity contribution >= 4 is 62.6 Å². The molecular weight excluding hydrogens is 408 g/mol. The zero-order valence-corrected chi connectivity index (χ0v) is 18.6. The number of thiol groups is 4. The van der Waals surface area contributed by atoms with E-state index >= 15 is 0 Å². The molecule has 0 atom stereocenters. The standard InChI is InChI=1S/C16H30N4O2S4/c21-15-17(5-1-9-23)13-14(19(15)7-3-11-25)20(8-4-12-26)16(22)18(13)6-2-10-24/h13-14,23-26H,1-12H2. The Hall–Kier alpha value is -0.0600. The largest absolute Gasteiger partial charge is 0.323 e. The van der Waals surface area contributed by atoms with Gasteiger partial charge in [0.15, 0.2) is 0 Å². The van der Waals surface area contributed by atoms with Crippen LogP contribution in [0.3, 0.4) is 0 Å². The molecule has 26 heavy (non-hydrogen) atoms. The van der Waals surface area contributed by atoms with E-state index in [1.807, 2.05) is 19.6 Å². The lowest BCUT2D eigenvalue weighted by Gasteiger charge is -2.30. The van der Waals surface area contributed by atoms with Gasteiger partial charge in [-0.2, -0.15) is 50.5 Å². The third-order valence-corrected chi connectivity index (χ3v) is 6.02. The van der Waals surface area contributed by atoms with Crippen LogP contribution in [-0.2, 0) is 0 Å². The van der Waals surface area contributed by atoms with Crippen molar-refractivity contribution in [2.45, 2.75) is 38.0 Å². The van der Waals surface area contributed by atoms with Crippen molar-refractivity contribution in [1.29, 1.82) is 0 Å². The molecule has 0 aromatic carbocycles. The molecule has 2 heterocycles. The topological polar surface area (TPSA) is 47.1 Å². The average molecular weight is 439 g/mol. The molecule has 0 aliphatic carbocycles. The van der Waals surface area contributed by atoms with Gasteiger partial charge in [0.25, 0.3) is 0 Å². The van der Waals surface area contributed by atoms with Gasteiger partial charge in [0, 0.05) is 26.2 Å². The normalized spacial score (nSPS) is 22.8. The van der Waals surface area contributed by atoms with Crippen molar-refractivity contribution in [2.24, 2.45) is 0 Å². The fourth-order valence-corrected chi connectivity index (χ4v) is 4.20. The molecule has 0 aromatic heterocycles. The van der Waals surface area contributed by atoms with E-state index in [-0.39, 0.29) is 24.4 Å². The number of fused-ring (bicyclic) bond motifs is 1. The Balaban J connectivity index is 2.31. The maximum Gasteiger partial charge on any atom is 0.323 e. The molecule has 6 nitrogen and oxygen atoms in total. The fourth-order valence-electron chi connectivity index (χ4n) is 3.64. The van der Waals surface area contributed by atoms with E-state index in [1.165, 1.54) is 0 Å². The molecule has 2 saturated heterocycles. The Morgan fingerprint density at radius 1 is 0.538 bits per heavy atom. The zero-order valence-electron chi connectivity index (χ0n) is 15.0. The minimum absolute atomic E-state index is 0.0165. The molecule has 4 amide bonds. The van der Waals surface area contributed by atoms with Crippen LogP contribution < -0.4 is 0 Å². The summed E-state index contributed by atoms with van der Waals surface area (Å²) in [6, 6.07) is 0.0330. The van der Waals surface area contributed by atoms with Crippen LogP contribution in [0.2, 0.25) is 0 Å². The number of nitrogens with zero attached hydrogens (tertiary/aromatic N) is 4. The predicted octanol–water partition coefficient (Wildman–Crippen LogP) is 2.39. The number of hydrogen-bond acceptors (Lipinski definition) is 6. The van der Waals surface area contributed by atoms with Gasteiger partial charge in [0.1, 0.15) is 12.3 Å². The number of carbonyl (C=O) groups is 2. The molecule has 2 rings (SSSR count). The quantitative estimate of drug-likeness (QED) is 0.354. The van der Waals surface area contributed by atoms with E-state index < -0.39 is 0 Å². The van der Waals surface area contributed by atoms with Crippen molar-refractivity contribution in [2.75, 3.05) is 49.2 Å². The monoisotopic (exact) mass is 438 g/mol. The van der Waals surface area contributed by atoms with Crippen LogP contribution in [0, 0.1) is 0 Å². The number of urea groups is 2. The van der Waals surface area contributed by atoms with Crippen LogP contribution in [0.15, 0.2) is 0 Å².